The summed E-state index contributed by atoms with van der Waals surface area (Å²) in [4.78, 5) is 15.1. The Balaban J connectivity index is 1.46. The molecule has 162 valence electrons. The minimum Gasteiger partial charge on any atom is -0.490 e. The zero-order chi connectivity index (χ0) is 21.2. The van der Waals surface area contributed by atoms with Gasteiger partial charge in [-0.15, -0.1) is 0 Å². The van der Waals surface area contributed by atoms with Gasteiger partial charge in [0.2, 0.25) is 0 Å². The lowest BCUT2D eigenvalue weighted by molar-refractivity contribution is -0.0295. The third-order valence-corrected chi connectivity index (χ3v) is 4.82. The fourth-order valence-corrected chi connectivity index (χ4v) is 3.50. The van der Waals surface area contributed by atoms with E-state index in [2.05, 4.69) is 24.1 Å². The average Bonchev–Trinajstić information content (AvgIpc) is 2.76. The Kier molecular flexibility index (Phi) is 8.53. The number of para-hydroxylation sites is 2. The van der Waals surface area contributed by atoms with Gasteiger partial charge < -0.3 is 19.5 Å². The normalized spacial score (nSPS) is 17.0. The number of rotatable bonds is 10. The van der Waals surface area contributed by atoms with Crippen LogP contribution in [0.3, 0.4) is 0 Å². The minimum atomic E-state index is -0.154. The van der Waals surface area contributed by atoms with Gasteiger partial charge in [-0.05, 0) is 30.2 Å². The maximum absolute atomic E-state index is 12.7. The first-order chi connectivity index (χ1) is 14.6. The van der Waals surface area contributed by atoms with E-state index in [4.69, 9.17) is 14.2 Å². The minimum absolute atomic E-state index is 0.00815. The second-order valence-electron chi connectivity index (χ2n) is 7.86. The van der Waals surface area contributed by atoms with Crippen molar-refractivity contribution < 1.29 is 19.0 Å². The summed E-state index contributed by atoms with van der Waals surface area (Å²) < 4.78 is 17.3. The fourth-order valence-electron chi connectivity index (χ4n) is 3.50. The zero-order valence-corrected chi connectivity index (χ0v) is 17.9. The molecule has 1 amide bonds. The van der Waals surface area contributed by atoms with E-state index in [1.54, 1.807) is 12.1 Å². The Morgan fingerprint density at radius 2 is 1.83 bits per heavy atom. The van der Waals surface area contributed by atoms with Gasteiger partial charge in [-0.25, -0.2) is 0 Å². The molecule has 0 aliphatic carbocycles. The van der Waals surface area contributed by atoms with Crippen LogP contribution in [0.2, 0.25) is 0 Å². The van der Waals surface area contributed by atoms with E-state index >= 15 is 0 Å². The lowest BCUT2D eigenvalue weighted by atomic mass is 10.1. The van der Waals surface area contributed by atoms with Crippen LogP contribution in [0.15, 0.2) is 54.6 Å². The van der Waals surface area contributed by atoms with Crippen LogP contribution in [0.25, 0.3) is 0 Å². The van der Waals surface area contributed by atoms with Crippen molar-refractivity contribution in [1.82, 2.24) is 10.2 Å². The molecule has 0 radical (unpaired) electrons. The Labute approximate surface area is 179 Å². The highest BCUT2D eigenvalue weighted by Gasteiger charge is 2.22. The first-order valence-corrected chi connectivity index (χ1v) is 10.6. The quantitative estimate of drug-likeness (QED) is 0.607. The van der Waals surface area contributed by atoms with Gasteiger partial charge in [-0.2, -0.15) is 0 Å². The maximum Gasteiger partial charge on any atom is 0.255 e. The summed E-state index contributed by atoms with van der Waals surface area (Å²) in [6.07, 6.45) is 0.00815. The summed E-state index contributed by atoms with van der Waals surface area (Å²) in [6.45, 7) is 9.22. The molecule has 30 heavy (non-hydrogen) atoms. The van der Waals surface area contributed by atoms with Gasteiger partial charge >= 0.3 is 0 Å². The summed E-state index contributed by atoms with van der Waals surface area (Å²) in [5, 5.41) is 3.00. The van der Waals surface area contributed by atoms with Gasteiger partial charge in [0.25, 0.3) is 5.91 Å². The van der Waals surface area contributed by atoms with Gasteiger partial charge in [0.05, 0.1) is 18.3 Å². The molecule has 0 aromatic heterocycles. The Hall–Kier alpha value is -2.57. The van der Waals surface area contributed by atoms with Gasteiger partial charge in [-0.3, -0.25) is 9.69 Å². The van der Waals surface area contributed by atoms with Crippen molar-refractivity contribution in [3.8, 4) is 11.5 Å². The molecule has 2 aromatic carbocycles. The van der Waals surface area contributed by atoms with Crippen molar-refractivity contribution in [3.63, 3.8) is 0 Å². The van der Waals surface area contributed by atoms with Crippen LogP contribution < -0.4 is 14.8 Å². The SMILES string of the molecule is CC(C)CN1CCOC(CNC(=O)c2ccccc2OCCOc2ccccc2)C1. The van der Waals surface area contributed by atoms with Crippen molar-refractivity contribution in [2.24, 2.45) is 5.92 Å². The first kappa shape index (κ1) is 22.1. The topological polar surface area (TPSA) is 60.0 Å². The number of hydrogen-bond donors (Lipinski definition) is 1. The molecule has 1 heterocycles. The molecule has 1 saturated heterocycles. The highest BCUT2D eigenvalue weighted by Crippen LogP contribution is 2.18. The number of nitrogens with one attached hydrogen (secondary N) is 1. The molecule has 3 rings (SSSR count). The van der Waals surface area contributed by atoms with Gasteiger partial charge in [0.15, 0.2) is 0 Å². The molecule has 1 aliphatic rings. The molecule has 1 unspecified atom stereocenters. The van der Waals surface area contributed by atoms with Crippen LogP contribution in [0.4, 0.5) is 0 Å². The molecular weight excluding hydrogens is 380 g/mol. The van der Waals surface area contributed by atoms with Crippen molar-refractivity contribution in [2.45, 2.75) is 20.0 Å². The van der Waals surface area contributed by atoms with Crippen LogP contribution in [0.5, 0.6) is 11.5 Å². The molecular formula is C24H32N2O4. The van der Waals surface area contributed by atoms with E-state index in [-0.39, 0.29) is 12.0 Å². The lowest BCUT2D eigenvalue weighted by Crippen LogP contribution is -2.48. The van der Waals surface area contributed by atoms with Gasteiger partial charge in [0, 0.05) is 26.2 Å². The summed E-state index contributed by atoms with van der Waals surface area (Å²) in [7, 11) is 0. The second-order valence-corrected chi connectivity index (χ2v) is 7.86. The van der Waals surface area contributed by atoms with E-state index in [1.165, 1.54) is 0 Å². The Morgan fingerprint density at radius 3 is 2.63 bits per heavy atom. The molecule has 1 atom stereocenters. The van der Waals surface area contributed by atoms with Crippen molar-refractivity contribution in [1.29, 1.82) is 0 Å². The summed E-state index contributed by atoms with van der Waals surface area (Å²) in [5.74, 6) is 1.82. The highest BCUT2D eigenvalue weighted by molar-refractivity contribution is 5.96. The number of benzene rings is 2. The van der Waals surface area contributed by atoms with E-state index in [0.717, 1.165) is 25.4 Å². The van der Waals surface area contributed by atoms with Crippen LogP contribution in [-0.2, 0) is 4.74 Å². The molecule has 0 saturated carbocycles. The van der Waals surface area contributed by atoms with E-state index in [0.29, 0.717) is 43.6 Å². The predicted octanol–water partition coefficient (Wildman–Crippen LogP) is 3.23. The third kappa shape index (κ3) is 7.04. The van der Waals surface area contributed by atoms with Crippen LogP contribution >= 0.6 is 0 Å². The second kappa shape index (κ2) is 11.6. The smallest absolute Gasteiger partial charge is 0.255 e. The average molecular weight is 413 g/mol. The van der Waals surface area contributed by atoms with E-state index < -0.39 is 0 Å². The highest BCUT2D eigenvalue weighted by atomic mass is 16.5. The number of carbonyl (C=O) groups is 1. The molecule has 6 nitrogen and oxygen atoms in total. The Bertz CT molecular complexity index is 782. The lowest BCUT2D eigenvalue weighted by Gasteiger charge is -2.34. The molecule has 0 bridgehead atoms. The fraction of sp³-hybridized carbons (Fsp3) is 0.458. The van der Waals surface area contributed by atoms with Crippen LogP contribution in [0.1, 0.15) is 24.2 Å². The molecule has 2 aromatic rings. The first-order valence-electron chi connectivity index (χ1n) is 10.6. The summed E-state index contributed by atoms with van der Waals surface area (Å²) in [5.41, 5.74) is 0.520. The van der Waals surface area contributed by atoms with Gasteiger partial charge in [-0.1, -0.05) is 44.2 Å². The number of morpholine rings is 1. The van der Waals surface area contributed by atoms with E-state index in [1.807, 2.05) is 42.5 Å². The number of ether oxygens (including phenoxy) is 3. The largest absolute Gasteiger partial charge is 0.490 e. The summed E-state index contributed by atoms with van der Waals surface area (Å²) >= 11 is 0. The van der Waals surface area contributed by atoms with E-state index in [9.17, 15) is 4.79 Å². The number of amides is 1. The number of nitrogens with zero attached hydrogens (tertiary/aromatic N) is 1. The van der Waals surface area contributed by atoms with Crippen molar-refractivity contribution in [2.75, 3.05) is 46.0 Å². The maximum atomic E-state index is 12.7. The molecule has 1 N–H and O–H groups in total. The monoisotopic (exact) mass is 412 g/mol. The third-order valence-electron chi connectivity index (χ3n) is 4.82. The van der Waals surface area contributed by atoms with Crippen molar-refractivity contribution >= 4 is 5.91 Å². The predicted molar refractivity (Wildman–Crippen MR) is 117 cm³/mol. The molecule has 0 spiro atoms. The molecule has 1 fully saturated rings. The zero-order valence-electron chi connectivity index (χ0n) is 17.9. The Morgan fingerprint density at radius 1 is 1.10 bits per heavy atom. The number of carbonyl (C=O) groups excluding carboxylic acids is 1. The number of hydrogen-bond acceptors (Lipinski definition) is 5. The molecule has 1 aliphatic heterocycles. The standard InChI is InChI=1S/C24H32N2O4/c1-19(2)17-26-12-13-28-21(18-26)16-25-24(27)22-10-6-7-11-23(22)30-15-14-29-20-8-4-3-5-9-20/h3-11,19,21H,12-18H2,1-2H3,(H,25,27). The van der Waals surface area contributed by atoms with Crippen LogP contribution in [0, 0.1) is 5.92 Å². The molecule has 6 heteroatoms. The van der Waals surface area contributed by atoms with Crippen LogP contribution in [-0.4, -0.2) is 62.9 Å². The summed E-state index contributed by atoms with van der Waals surface area (Å²) in [6, 6.07) is 16.9. The van der Waals surface area contributed by atoms with Gasteiger partial charge in [0.1, 0.15) is 24.7 Å². The van der Waals surface area contributed by atoms with Crippen molar-refractivity contribution in [3.05, 3.63) is 60.2 Å².